The van der Waals surface area contributed by atoms with Crippen LogP contribution in [0.15, 0.2) is 24.3 Å². The minimum Gasteiger partial charge on any atom is -0.386 e. The highest BCUT2D eigenvalue weighted by atomic mass is 16.5. The van der Waals surface area contributed by atoms with E-state index in [4.69, 9.17) is 9.47 Å². The van der Waals surface area contributed by atoms with Crippen molar-refractivity contribution in [2.75, 3.05) is 13.2 Å². The Labute approximate surface area is 110 Å². The Morgan fingerprint density at radius 1 is 1.17 bits per heavy atom. The first kappa shape index (κ1) is 15.2. The highest BCUT2D eigenvalue weighted by Gasteiger charge is 2.19. The lowest BCUT2D eigenvalue weighted by atomic mass is 10.0. The van der Waals surface area contributed by atoms with Crippen molar-refractivity contribution in [1.29, 1.82) is 0 Å². The van der Waals surface area contributed by atoms with Gasteiger partial charge in [0.1, 0.15) is 6.10 Å². The molecule has 0 aliphatic rings. The first-order valence-corrected chi connectivity index (χ1v) is 6.52. The van der Waals surface area contributed by atoms with Crippen molar-refractivity contribution in [3.05, 3.63) is 35.4 Å². The van der Waals surface area contributed by atoms with Gasteiger partial charge in [-0.1, -0.05) is 29.8 Å². The molecule has 0 aromatic heterocycles. The quantitative estimate of drug-likeness (QED) is 0.811. The monoisotopic (exact) mass is 252 g/mol. The van der Waals surface area contributed by atoms with Crippen LogP contribution in [-0.2, 0) is 9.47 Å². The minimum absolute atomic E-state index is 0.0138. The van der Waals surface area contributed by atoms with Gasteiger partial charge in [0, 0.05) is 6.61 Å². The van der Waals surface area contributed by atoms with Crippen LogP contribution in [0.25, 0.3) is 0 Å². The van der Waals surface area contributed by atoms with Crippen LogP contribution in [0.4, 0.5) is 0 Å². The van der Waals surface area contributed by atoms with Gasteiger partial charge in [0.15, 0.2) is 0 Å². The fraction of sp³-hybridized carbons (Fsp3) is 0.600. The number of hydrogen-bond donors (Lipinski definition) is 1. The second kappa shape index (κ2) is 7.52. The molecule has 1 rings (SSSR count). The van der Waals surface area contributed by atoms with Crippen LogP contribution in [0.5, 0.6) is 0 Å². The molecule has 1 aromatic carbocycles. The second-order valence-corrected chi connectivity index (χ2v) is 4.67. The summed E-state index contributed by atoms with van der Waals surface area (Å²) in [4.78, 5) is 0. The van der Waals surface area contributed by atoms with Gasteiger partial charge in [-0.3, -0.25) is 0 Å². The molecule has 3 nitrogen and oxygen atoms in total. The minimum atomic E-state index is -0.602. The second-order valence-electron chi connectivity index (χ2n) is 4.67. The molecule has 18 heavy (non-hydrogen) atoms. The average Bonchev–Trinajstić information content (AvgIpc) is 2.36. The van der Waals surface area contributed by atoms with E-state index >= 15 is 0 Å². The van der Waals surface area contributed by atoms with Crippen LogP contribution in [0.1, 0.15) is 38.0 Å². The van der Waals surface area contributed by atoms with Gasteiger partial charge in [0.2, 0.25) is 0 Å². The molecule has 0 bridgehead atoms. The molecule has 0 amide bonds. The molecular formula is C15H24O3. The lowest BCUT2D eigenvalue weighted by Gasteiger charge is -2.23. The maximum absolute atomic E-state index is 10.2. The largest absolute Gasteiger partial charge is 0.386 e. The molecule has 0 aliphatic heterocycles. The smallest absolute Gasteiger partial charge is 0.105 e. The van der Waals surface area contributed by atoms with E-state index in [-0.39, 0.29) is 12.2 Å². The van der Waals surface area contributed by atoms with E-state index in [1.165, 1.54) is 5.56 Å². The van der Waals surface area contributed by atoms with Crippen molar-refractivity contribution in [3.63, 3.8) is 0 Å². The molecule has 0 saturated heterocycles. The molecule has 0 aliphatic carbocycles. The molecule has 0 heterocycles. The number of rotatable bonds is 7. The summed E-state index contributed by atoms with van der Waals surface area (Å²) >= 11 is 0. The van der Waals surface area contributed by atoms with Gasteiger partial charge in [0.05, 0.1) is 18.8 Å². The summed E-state index contributed by atoms with van der Waals surface area (Å²) in [5, 5.41) is 10.2. The zero-order valence-electron chi connectivity index (χ0n) is 11.7. The first-order valence-electron chi connectivity index (χ1n) is 6.52. The van der Waals surface area contributed by atoms with Gasteiger partial charge >= 0.3 is 0 Å². The Morgan fingerprint density at radius 2 is 1.78 bits per heavy atom. The number of aryl methyl sites for hydroxylation is 1. The van der Waals surface area contributed by atoms with E-state index < -0.39 is 6.10 Å². The highest BCUT2D eigenvalue weighted by Crippen LogP contribution is 2.20. The summed E-state index contributed by atoms with van der Waals surface area (Å²) in [6.45, 7) is 9.06. The van der Waals surface area contributed by atoms with E-state index in [1.807, 2.05) is 52.0 Å². The molecule has 0 radical (unpaired) electrons. The number of hydrogen-bond acceptors (Lipinski definition) is 3. The predicted molar refractivity (Wildman–Crippen MR) is 72.6 cm³/mol. The van der Waals surface area contributed by atoms with Crippen LogP contribution >= 0.6 is 0 Å². The summed E-state index contributed by atoms with van der Waals surface area (Å²) in [5.41, 5.74) is 2.07. The van der Waals surface area contributed by atoms with E-state index in [1.54, 1.807) is 0 Å². The van der Waals surface area contributed by atoms with Crippen molar-refractivity contribution in [1.82, 2.24) is 0 Å². The summed E-state index contributed by atoms with van der Waals surface area (Å²) in [7, 11) is 0. The zero-order valence-corrected chi connectivity index (χ0v) is 11.7. The average molecular weight is 252 g/mol. The molecule has 1 aromatic rings. The molecule has 0 saturated carbocycles. The third-order valence-electron chi connectivity index (χ3n) is 2.87. The van der Waals surface area contributed by atoms with Crippen LogP contribution in [0.3, 0.4) is 0 Å². The lowest BCUT2D eigenvalue weighted by Crippen LogP contribution is -2.26. The third kappa shape index (κ3) is 4.77. The van der Waals surface area contributed by atoms with E-state index in [2.05, 4.69) is 0 Å². The molecular weight excluding hydrogens is 228 g/mol. The van der Waals surface area contributed by atoms with E-state index in [9.17, 15) is 5.11 Å². The number of aliphatic hydroxyl groups excluding tert-OH is 1. The van der Waals surface area contributed by atoms with Crippen molar-refractivity contribution < 1.29 is 14.6 Å². The summed E-state index contributed by atoms with van der Waals surface area (Å²) in [6, 6.07) is 7.87. The SMILES string of the molecule is CCOCC(C)OC(C)C(O)c1ccc(C)cc1. The molecule has 3 atom stereocenters. The van der Waals surface area contributed by atoms with E-state index in [0.717, 1.165) is 5.56 Å². The summed E-state index contributed by atoms with van der Waals surface area (Å²) in [6.07, 6.45) is -0.863. The Hall–Kier alpha value is -0.900. The zero-order chi connectivity index (χ0) is 13.5. The molecule has 3 unspecified atom stereocenters. The van der Waals surface area contributed by atoms with Crippen LogP contribution in [0.2, 0.25) is 0 Å². The topological polar surface area (TPSA) is 38.7 Å². The Morgan fingerprint density at radius 3 is 2.33 bits per heavy atom. The summed E-state index contributed by atoms with van der Waals surface area (Å²) < 4.78 is 11.0. The van der Waals surface area contributed by atoms with Crippen LogP contribution < -0.4 is 0 Å². The van der Waals surface area contributed by atoms with Gasteiger partial charge < -0.3 is 14.6 Å². The van der Waals surface area contributed by atoms with Crippen LogP contribution in [-0.4, -0.2) is 30.5 Å². The van der Waals surface area contributed by atoms with E-state index in [0.29, 0.717) is 13.2 Å². The third-order valence-corrected chi connectivity index (χ3v) is 2.87. The maximum atomic E-state index is 10.2. The summed E-state index contributed by atoms with van der Waals surface area (Å²) in [5.74, 6) is 0. The van der Waals surface area contributed by atoms with Gasteiger partial charge in [-0.25, -0.2) is 0 Å². The predicted octanol–water partition coefficient (Wildman–Crippen LogP) is 2.86. The van der Waals surface area contributed by atoms with Gasteiger partial charge in [0.25, 0.3) is 0 Å². The molecule has 0 spiro atoms. The van der Waals surface area contributed by atoms with Crippen LogP contribution in [0, 0.1) is 6.92 Å². The standard InChI is InChI=1S/C15H24O3/c1-5-17-10-12(3)18-13(4)15(16)14-8-6-11(2)7-9-14/h6-9,12-13,15-16H,5,10H2,1-4H3. The molecule has 0 fully saturated rings. The van der Waals surface area contributed by atoms with Crippen molar-refractivity contribution >= 4 is 0 Å². The Kier molecular flexibility index (Phi) is 6.33. The van der Waals surface area contributed by atoms with Crippen molar-refractivity contribution in [2.24, 2.45) is 0 Å². The number of ether oxygens (including phenoxy) is 2. The fourth-order valence-electron chi connectivity index (χ4n) is 1.80. The molecule has 1 N–H and O–H groups in total. The van der Waals surface area contributed by atoms with Crippen molar-refractivity contribution in [3.8, 4) is 0 Å². The number of benzene rings is 1. The van der Waals surface area contributed by atoms with Gasteiger partial charge in [-0.05, 0) is 33.3 Å². The Bertz CT molecular complexity index is 334. The lowest BCUT2D eigenvalue weighted by molar-refractivity contribution is -0.0866. The normalized spacial score (nSPS) is 16.3. The Balaban J connectivity index is 2.50. The number of aliphatic hydroxyl groups is 1. The van der Waals surface area contributed by atoms with Crippen molar-refractivity contribution in [2.45, 2.75) is 46.0 Å². The van der Waals surface area contributed by atoms with Gasteiger partial charge in [-0.15, -0.1) is 0 Å². The molecule has 3 heteroatoms. The molecule has 102 valence electrons. The first-order chi connectivity index (χ1) is 8.54. The highest BCUT2D eigenvalue weighted by molar-refractivity contribution is 5.23. The van der Waals surface area contributed by atoms with Gasteiger partial charge in [-0.2, -0.15) is 0 Å². The maximum Gasteiger partial charge on any atom is 0.105 e. The fourth-order valence-corrected chi connectivity index (χ4v) is 1.80.